The number of anilines is 1. The van der Waals surface area contributed by atoms with Crippen molar-refractivity contribution in [1.29, 1.82) is 0 Å². The lowest BCUT2D eigenvalue weighted by atomic mass is 10.1. The molecule has 2 heterocycles. The molecule has 9 heteroatoms. The topological polar surface area (TPSA) is 77.4 Å². The summed E-state index contributed by atoms with van der Waals surface area (Å²) >= 11 is 3.30. The third-order valence-corrected chi connectivity index (χ3v) is 8.96. The fourth-order valence-corrected chi connectivity index (χ4v) is 6.12. The highest BCUT2D eigenvalue weighted by molar-refractivity contribution is 7.17. The molecule has 0 atom stereocenters. The molecule has 0 aliphatic rings. The minimum absolute atomic E-state index is 0.324. The first-order valence-corrected chi connectivity index (χ1v) is 15.3. The van der Waals surface area contributed by atoms with E-state index >= 15 is 0 Å². The summed E-state index contributed by atoms with van der Waals surface area (Å²) in [5.74, 6) is 0.849. The standard InChI is InChI=1S/C35H30N2O5S2/c1-37(2)34-20-16-28(44-34)14-8-24-9-17-30(31(21-24)40-3)35(38)42-26-12-18-29(32(22-26)41-4)33-19-15-27(43-33)13-7-23-5-10-25(36-39)11-6-23/h5-22H,1-4H3/b13-7+,14-8+. The Labute approximate surface area is 264 Å². The average Bonchev–Trinajstić information content (AvgIpc) is 3.73. The molecule has 3 aromatic carbocycles. The number of rotatable bonds is 11. The first kappa shape index (κ1) is 30.5. The van der Waals surface area contributed by atoms with Crippen molar-refractivity contribution in [3.05, 3.63) is 116 Å². The minimum atomic E-state index is -0.526. The lowest BCUT2D eigenvalue weighted by Gasteiger charge is -2.12. The van der Waals surface area contributed by atoms with Crippen molar-refractivity contribution < 1.29 is 19.0 Å². The number of carbonyl (C=O) groups excluding carboxylic acids is 1. The monoisotopic (exact) mass is 622 g/mol. The molecule has 0 saturated heterocycles. The van der Waals surface area contributed by atoms with Crippen molar-refractivity contribution in [3.8, 4) is 27.7 Å². The van der Waals surface area contributed by atoms with E-state index in [1.807, 2.05) is 80.9 Å². The van der Waals surface area contributed by atoms with Crippen molar-refractivity contribution in [1.82, 2.24) is 0 Å². The molecule has 0 saturated carbocycles. The van der Waals surface area contributed by atoms with E-state index in [9.17, 15) is 9.70 Å². The van der Waals surface area contributed by atoms with Crippen LogP contribution >= 0.6 is 22.7 Å². The summed E-state index contributed by atoms with van der Waals surface area (Å²) in [6, 6.07) is 26.0. The van der Waals surface area contributed by atoms with Crippen molar-refractivity contribution in [3.63, 3.8) is 0 Å². The summed E-state index contributed by atoms with van der Waals surface area (Å²) in [6.07, 6.45) is 8.02. The van der Waals surface area contributed by atoms with E-state index < -0.39 is 5.97 Å². The number of esters is 1. The molecule has 5 aromatic rings. The van der Waals surface area contributed by atoms with Gasteiger partial charge in [-0.1, -0.05) is 30.4 Å². The Hall–Kier alpha value is -4.99. The van der Waals surface area contributed by atoms with Crippen LogP contribution in [0.3, 0.4) is 0 Å². The fourth-order valence-electron chi connectivity index (χ4n) is 4.34. The zero-order valence-corrected chi connectivity index (χ0v) is 26.3. The van der Waals surface area contributed by atoms with E-state index in [0.717, 1.165) is 31.3 Å². The summed E-state index contributed by atoms with van der Waals surface area (Å²) in [5, 5.41) is 4.11. The van der Waals surface area contributed by atoms with E-state index in [0.29, 0.717) is 28.5 Å². The van der Waals surface area contributed by atoms with Crippen LogP contribution < -0.4 is 19.1 Å². The Morgan fingerprint density at radius 3 is 2.09 bits per heavy atom. The molecule has 0 aliphatic carbocycles. The average molecular weight is 623 g/mol. The fraction of sp³-hybridized carbons (Fsp3) is 0.114. The highest BCUT2D eigenvalue weighted by Crippen LogP contribution is 2.38. The molecule has 0 aliphatic heterocycles. The molecule has 5 rings (SSSR count). The number of methoxy groups -OCH3 is 2. The van der Waals surface area contributed by atoms with Crippen molar-refractivity contribution in [2.75, 3.05) is 33.2 Å². The number of thiophene rings is 2. The molecule has 0 spiro atoms. The molecule has 0 N–H and O–H groups in total. The van der Waals surface area contributed by atoms with Gasteiger partial charge >= 0.3 is 5.97 Å². The van der Waals surface area contributed by atoms with Gasteiger partial charge in [0.2, 0.25) is 0 Å². The quantitative estimate of drug-likeness (QED) is 0.0830. The zero-order valence-electron chi connectivity index (χ0n) is 24.6. The Kier molecular flexibility index (Phi) is 9.69. The molecule has 0 unspecified atom stereocenters. The van der Waals surface area contributed by atoms with Gasteiger partial charge in [-0.2, -0.15) is 0 Å². The van der Waals surface area contributed by atoms with Crippen LogP contribution in [0.5, 0.6) is 17.2 Å². The summed E-state index contributed by atoms with van der Waals surface area (Å²) in [7, 11) is 7.16. The van der Waals surface area contributed by atoms with Crippen LogP contribution in [0.4, 0.5) is 10.7 Å². The van der Waals surface area contributed by atoms with Crippen LogP contribution in [-0.2, 0) is 0 Å². The number of hydrogen-bond donors (Lipinski definition) is 0. The second-order valence-corrected chi connectivity index (χ2v) is 12.0. The van der Waals surface area contributed by atoms with Gasteiger partial charge in [-0.3, -0.25) is 0 Å². The lowest BCUT2D eigenvalue weighted by Crippen LogP contribution is -2.10. The number of carbonyl (C=O) groups is 1. The third kappa shape index (κ3) is 7.31. The summed E-state index contributed by atoms with van der Waals surface area (Å²) < 4.78 is 16.9. The van der Waals surface area contributed by atoms with Gasteiger partial charge in [-0.05, 0) is 89.1 Å². The Morgan fingerprint density at radius 2 is 1.41 bits per heavy atom. The number of nitroso groups, excluding NO2 is 1. The second-order valence-electron chi connectivity index (χ2n) is 9.83. The van der Waals surface area contributed by atoms with E-state index in [-0.39, 0.29) is 0 Å². The van der Waals surface area contributed by atoms with E-state index in [1.165, 1.54) is 12.1 Å². The highest BCUT2D eigenvalue weighted by atomic mass is 32.1. The normalized spacial score (nSPS) is 11.2. The predicted octanol–water partition coefficient (Wildman–Crippen LogP) is 9.52. The summed E-state index contributed by atoms with van der Waals surface area (Å²) in [4.78, 5) is 29.0. The minimum Gasteiger partial charge on any atom is -0.496 e. The largest absolute Gasteiger partial charge is 0.496 e. The first-order valence-electron chi connectivity index (χ1n) is 13.6. The number of nitrogens with zero attached hydrogens (tertiary/aromatic N) is 2. The summed E-state index contributed by atoms with van der Waals surface area (Å²) in [6.45, 7) is 0. The SMILES string of the molecule is COc1cc(/C=C/c2ccc(N(C)C)s2)ccc1C(=O)Oc1ccc(-c2ccc(/C=C/c3ccc(N=O)cc3)s2)c(OC)c1. The molecular formula is C35H30N2O5S2. The zero-order chi connectivity index (χ0) is 31.1. The summed E-state index contributed by atoms with van der Waals surface area (Å²) in [5.41, 5.74) is 3.48. The van der Waals surface area contributed by atoms with Gasteiger partial charge in [0, 0.05) is 40.4 Å². The van der Waals surface area contributed by atoms with Gasteiger partial charge in [0.1, 0.15) is 28.5 Å². The van der Waals surface area contributed by atoms with Crippen molar-refractivity contribution in [2.24, 2.45) is 5.18 Å². The Balaban J connectivity index is 1.28. The van der Waals surface area contributed by atoms with E-state index in [4.69, 9.17) is 14.2 Å². The van der Waals surface area contributed by atoms with E-state index in [2.05, 4.69) is 22.2 Å². The third-order valence-electron chi connectivity index (χ3n) is 6.65. The van der Waals surface area contributed by atoms with Crippen molar-refractivity contribution in [2.45, 2.75) is 0 Å². The van der Waals surface area contributed by atoms with Crippen LogP contribution in [0, 0.1) is 4.91 Å². The molecule has 2 aromatic heterocycles. The molecule has 44 heavy (non-hydrogen) atoms. The maximum atomic E-state index is 13.1. The van der Waals surface area contributed by atoms with Crippen LogP contribution in [0.25, 0.3) is 34.7 Å². The molecule has 0 amide bonds. The van der Waals surface area contributed by atoms with Crippen LogP contribution in [-0.4, -0.2) is 34.3 Å². The molecular weight excluding hydrogens is 593 g/mol. The maximum Gasteiger partial charge on any atom is 0.347 e. The predicted molar refractivity (Wildman–Crippen MR) is 183 cm³/mol. The van der Waals surface area contributed by atoms with Gasteiger partial charge < -0.3 is 19.1 Å². The smallest absolute Gasteiger partial charge is 0.347 e. The lowest BCUT2D eigenvalue weighted by molar-refractivity contribution is 0.0731. The maximum absolute atomic E-state index is 13.1. The van der Waals surface area contributed by atoms with Gasteiger partial charge in [0.15, 0.2) is 0 Å². The molecule has 222 valence electrons. The molecule has 7 nitrogen and oxygen atoms in total. The van der Waals surface area contributed by atoms with Crippen LogP contribution in [0.2, 0.25) is 0 Å². The molecule has 0 radical (unpaired) electrons. The Morgan fingerprint density at radius 1 is 0.727 bits per heavy atom. The van der Waals surface area contributed by atoms with Gasteiger partial charge in [0.25, 0.3) is 0 Å². The van der Waals surface area contributed by atoms with E-state index in [1.54, 1.807) is 60.1 Å². The Bertz CT molecular complexity index is 1830. The first-order chi connectivity index (χ1) is 21.4. The van der Waals surface area contributed by atoms with Crippen molar-refractivity contribution >= 4 is 63.6 Å². The molecule has 0 bridgehead atoms. The van der Waals surface area contributed by atoms with Gasteiger partial charge in [-0.25, -0.2) is 4.79 Å². The van der Waals surface area contributed by atoms with Gasteiger partial charge in [0.05, 0.1) is 19.2 Å². The number of ether oxygens (including phenoxy) is 3. The number of benzene rings is 3. The molecule has 0 fully saturated rings. The number of hydrogen-bond acceptors (Lipinski definition) is 9. The van der Waals surface area contributed by atoms with Crippen LogP contribution in [0.15, 0.2) is 90.1 Å². The highest BCUT2D eigenvalue weighted by Gasteiger charge is 2.17. The van der Waals surface area contributed by atoms with Gasteiger partial charge in [-0.15, -0.1) is 27.6 Å². The second kappa shape index (κ2) is 14.0. The van der Waals surface area contributed by atoms with Crippen LogP contribution in [0.1, 0.15) is 31.2 Å².